The highest BCUT2D eigenvalue weighted by Gasteiger charge is 2.53. The summed E-state index contributed by atoms with van der Waals surface area (Å²) in [4.78, 5) is 41.1. The van der Waals surface area contributed by atoms with E-state index in [1.807, 2.05) is 40.7 Å². The van der Waals surface area contributed by atoms with Crippen LogP contribution in [-0.4, -0.2) is 33.9 Å². The van der Waals surface area contributed by atoms with Gasteiger partial charge in [0.15, 0.2) is 23.3 Å². The molecule has 1 unspecified atom stereocenters. The molecule has 2 aliphatic heterocycles. The van der Waals surface area contributed by atoms with E-state index in [1.165, 1.54) is 21.2 Å². The first-order chi connectivity index (χ1) is 12.1. The molecule has 0 radical (unpaired) electrons. The first kappa shape index (κ1) is 18.6. The molecule has 26 heavy (non-hydrogen) atoms. The third kappa shape index (κ3) is 3.03. The number of amides is 3. The minimum Gasteiger partial charge on any atom is -0.295 e. The highest BCUT2D eigenvalue weighted by Crippen LogP contribution is 2.41. The average molecular weight is 371 g/mol. The van der Waals surface area contributed by atoms with Gasteiger partial charge in [0, 0.05) is 5.41 Å². The molecule has 0 aromatic heterocycles. The monoisotopic (exact) mass is 371 g/mol. The molecule has 5 nitrogen and oxygen atoms in total. The molecule has 3 rings (SSSR count). The van der Waals surface area contributed by atoms with Crippen LogP contribution in [0.5, 0.6) is 0 Å². The summed E-state index contributed by atoms with van der Waals surface area (Å²) in [6.45, 7) is 9.34. The number of fused-ring (bicyclic) bond motifs is 1. The van der Waals surface area contributed by atoms with Crippen molar-refractivity contribution in [3.63, 3.8) is 0 Å². The van der Waals surface area contributed by atoms with Crippen molar-refractivity contribution in [2.24, 2.45) is 11.3 Å². The normalized spacial score (nSPS) is 20.8. The lowest BCUT2D eigenvalue weighted by Gasteiger charge is -2.26. The minimum atomic E-state index is -0.559. The summed E-state index contributed by atoms with van der Waals surface area (Å²) in [6.07, 6.45) is 0. The molecule has 0 saturated heterocycles. The standard InChI is InChI=1S/C20H23N2O3S/c1-12-13(2)26-18-16(12)17(24)22(14-9-7-6-8-10-14)19(25)21(18)11-15(23)20(3,4)5/h6-10,16H,11H2,1-5H3/q+1. The zero-order valence-electron chi connectivity index (χ0n) is 15.7. The van der Waals surface area contributed by atoms with Crippen LogP contribution in [0, 0.1) is 11.3 Å². The van der Waals surface area contributed by atoms with Crippen molar-refractivity contribution in [3.05, 3.63) is 40.8 Å². The summed E-state index contributed by atoms with van der Waals surface area (Å²) >= 11 is 1.42. The number of allylic oxidation sites excluding steroid dienone is 1. The maximum Gasteiger partial charge on any atom is 0.507 e. The van der Waals surface area contributed by atoms with Crippen LogP contribution in [0.25, 0.3) is 0 Å². The van der Waals surface area contributed by atoms with E-state index in [1.54, 1.807) is 24.3 Å². The predicted octanol–water partition coefficient (Wildman–Crippen LogP) is 3.84. The van der Waals surface area contributed by atoms with Crippen molar-refractivity contribution >= 4 is 40.2 Å². The van der Waals surface area contributed by atoms with Crippen LogP contribution in [0.15, 0.2) is 40.8 Å². The second-order valence-electron chi connectivity index (χ2n) is 7.66. The lowest BCUT2D eigenvalue weighted by molar-refractivity contribution is -0.415. The van der Waals surface area contributed by atoms with Gasteiger partial charge in [-0.05, 0) is 36.5 Å². The highest BCUT2D eigenvalue weighted by molar-refractivity contribution is 8.17. The number of nitrogens with zero attached hydrogens (tertiary/aromatic N) is 2. The number of carbonyl (C=O) groups excluding carboxylic acids is 3. The molecular formula is C20H23N2O3S+. The van der Waals surface area contributed by atoms with Gasteiger partial charge in [-0.25, -0.2) is 4.79 Å². The fraction of sp³-hybridized carbons (Fsp3) is 0.400. The number of urea groups is 1. The molecule has 0 aliphatic carbocycles. The first-order valence-corrected chi connectivity index (χ1v) is 9.40. The Balaban J connectivity index is 2.11. The number of anilines is 1. The molecule has 0 fully saturated rings. The molecule has 2 aliphatic rings. The Hall–Kier alpha value is -2.21. The lowest BCUT2D eigenvalue weighted by atomic mass is 9.90. The van der Waals surface area contributed by atoms with Crippen LogP contribution in [-0.2, 0) is 9.59 Å². The van der Waals surface area contributed by atoms with Crippen LogP contribution in [0.4, 0.5) is 10.5 Å². The van der Waals surface area contributed by atoms with E-state index < -0.39 is 17.4 Å². The van der Waals surface area contributed by atoms with Gasteiger partial charge in [0.2, 0.25) is 0 Å². The second kappa shape index (κ2) is 6.50. The van der Waals surface area contributed by atoms with Crippen LogP contribution in [0.3, 0.4) is 0 Å². The Morgan fingerprint density at radius 2 is 1.77 bits per heavy atom. The summed E-state index contributed by atoms with van der Waals surface area (Å²) in [5.74, 6) is -0.787. The molecule has 0 bridgehead atoms. The summed E-state index contributed by atoms with van der Waals surface area (Å²) < 4.78 is 1.48. The Kier molecular flexibility index (Phi) is 4.65. The van der Waals surface area contributed by atoms with E-state index in [0.717, 1.165) is 10.5 Å². The van der Waals surface area contributed by atoms with Crippen LogP contribution >= 0.6 is 11.8 Å². The molecule has 1 aromatic carbocycles. The number of Topliss-reactive ketones (excluding diaryl/α,β-unsaturated/α-hetero) is 1. The number of carbonyl (C=O) groups is 3. The summed E-state index contributed by atoms with van der Waals surface area (Å²) in [7, 11) is 0. The molecule has 136 valence electrons. The number of rotatable bonds is 3. The smallest absolute Gasteiger partial charge is 0.295 e. The number of hydrogen-bond donors (Lipinski definition) is 0. The van der Waals surface area contributed by atoms with Gasteiger partial charge in [0.1, 0.15) is 5.69 Å². The molecule has 1 aromatic rings. The SMILES string of the molecule is CC1=C(C)C2C(=O)N(c3ccccc3)C(=O)[N+](CC(=O)C(C)(C)C)=C2S1. The van der Waals surface area contributed by atoms with E-state index >= 15 is 0 Å². The molecule has 0 N–H and O–H groups in total. The number of thioether (sulfide) groups is 1. The Morgan fingerprint density at radius 1 is 1.15 bits per heavy atom. The van der Waals surface area contributed by atoms with Crippen molar-refractivity contribution in [2.45, 2.75) is 34.6 Å². The van der Waals surface area contributed by atoms with E-state index in [9.17, 15) is 14.4 Å². The molecular weight excluding hydrogens is 348 g/mol. The Bertz CT molecular complexity index is 863. The first-order valence-electron chi connectivity index (χ1n) is 8.59. The number of ketones is 1. The van der Waals surface area contributed by atoms with Crippen molar-refractivity contribution < 1.29 is 19.0 Å². The van der Waals surface area contributed by atoms with Crippen LogP contribution in [0.2, 0.25) is 0 Å². The van der Waals surface area contributed by atoms with E-state index in [2.05, 4.69) is 0 Å². The van der Waals surface area contributed by atoms with E-state index in [-0.39, 0.29) is 18.2 Å². The molecule has 2 heterocycles. The fourth-order valence-electron chi connectivity index (χ4n) is 2.97. The zero-order chi connectivity index (χ0) is 19.2. The van der Waals surface area contributed by atoms with Crippen molar-refractivity contribution in [3.8, 4) is 0 Å². The summed E-state index contributed by atoms with van der Waals surface area (Å²) in [5.41, 5.74) is 0.907. The van der Waals surface area contributed by atoms with Gasteiger partial charge >= 0.3 is 11.9 Å². The number of para-hydroxylation sites is 1. The van der Waals surface area contributed by atoms with Crippen molar-refractivity contribution in [2.75, 3.05) is 11.4 Å². The number of hydrogen-bond acceptors (Lipinski definition) is 4. The van der Waals surface area contributed by atoms with E-state index in [0.29, 0.717) is 10.7 Å². The third-order valence-electron chi connectivity index (χ3n) is 4.80. The average Bonchev–Trinajstić information content (AvgIpc) is 2.87. The molecule has 1 atom stereocenters. The van der Waals surface area contributed by atoms with Gasteiger partial charge in [0.25, 0.3) is 0 Å². The maximum absolute atomic E-state index is 13.2. The highest BCUT2D eigenvalue weighted by atomic mass is 32.2. The molecule has 6 heteroatoms. The largest absolute Gasteiger partial charge is 0.507 e. The number of benzene rings is 1. The van der Waals surface area contributed by atoms with Gasteiger partial charge in [-0.3, -0.25) is 4.79 Å². The van der Waals surface area contributed by atoms with Gasteiger partial charge in [-0.2, -0.15) is 9.37 Å². The minimum absolute atomic E-state index is 0.0294. The van der Waals surface area contributed by atoms with Crippen molar-refractivity contribution in [1.82, 2.24) is 0 Å². The third-order valence-corrected chi connectivity index (χ3v) is 6.09. The quantitative estimate of drug-likeness (QED) is 0.758. The zero-order valence-corrected chi connectivity index (χ0v) is 16.5. The molecule has 3 amide bonds. The topological polar surface area (TPSA) is 57.5 Å². The van der Waals surface area contributed by atoms with Crippen LogP contribution < -0.4 is 4.90 Å². The van der Waals surface area contributed by atoms with Gasteiger partial charge in [0.05, 0.1) is 0 Å². The number of imide groups is 1. The Labute approximate surface area is 157 Å². The lowest BCUT2D eigenvalue weighted by Crippen LogP contribution is -2.55. The van der Waals surface area contributed by atoms with Gasteiger partial charge < -0.3 is 0 Å². The predicted molar refractivity (Wildman–Crippen MR) is 103 cm³/mol. The molecule has 0 saturated carbocycles. The summed E-state index contributed by atoms with van der Waals surface area (Å²) in [6, 6.07) is 8.42. The van der Waals surface area contributed by atoms with E-state index in [4.69, 9.17) is 0 Å². The fourth-order valence-corrected chi connectivity index (χ4v) is 4.21. The summed E-state index contributed by atoms with van der Waals surface area (Å²) in [5, 5.41) is 0.653. The van der Waals surface area contributed by atoms with Gasteiger partial charge in [-0.1, -0.05) is 50.7 Å². The van der Waals surface area contributed by atoms with Gasteiger partial charge in [-0.15, -0.1) is 4.90 Å². The Morgan fingerprint density at radius 3 is 2.35 bits per heavy atom. The van der Waals surface area contributed by atoms with Crippen LogP contribution in [0.1, 0.15) is 34.6 Å². The van der Waals surface area contributed by atoms with Crippen molar-refractivity contribution in [1.29, 1.82) is 0 Å². The second-order valence-corrected chi connectivity index (χ2v) is 8.90. The maximum atomic E-state index is 13.2. The molecule has 0 spiro atoms.